The average molecular weight is 305 g/mol. The first-order valence-electron chi connectivity index (χ1n) is 5.40. The Morgan fingerprint density at radius 1 is 1.28 bits per heavy atom. The van der Waals surface area contributed by atoms with Gasteiger partial charge in [0.1, 0.15) is 0 Å². The molecule has 0 aliphatic rings. The number of furan rings is 1. The zero-order chi connectivity index (χ0) is 13.1. The van der Waals surface area contributed by atoms with Crippen LogP contribution in [0, 0.1) is 13.8 Å². The normalized spacial score (nSPS) is 10.6. The van der Waals surface area contributed by atoms with Gasteiger partial charge in [-0.2, -0.15) is 0 Å². The van der Waals surface area contributed by atoms with Gasteiger partial charge in [-0.05, 0) is 0 Å². The monoisotopic (exact) mass is 305 g/mol. The van der Waals surface area contributed by atoms with E-state index < -0.39 is 15.7 Å². The third-order valence-corrected chi connectivity index (χ3v) is 4.10. The Bertz CT molecular complexity index is 591. The summed E-state index contributed by atoms with van der Waals surface area (Å²) in [5.74, 6) is -0.214. The Morgan fingerprint density at radius 2 is 2.06 bits per heavy atom. The van der Waals surface area contributed by atoms with Crippen molar-refractivity contribution < 1.29 is 13.0 Å². The second-order valence-electron chi connectivity index (χ2n) is 4.01. The van der Waals surface area contributed by atoms with E-state index in [1.54, 1.807) is 6.07 Å². The fourth-order valence-electron chi connectivity index (χ4n) is 1.62. The van der Waals surface area contributed by atoms with Gasteiger partial charge in [-0.15, -0.1) is 0 Å². The molecule has 92 valence electrons. The minimum absolute atomic E-state index is 0.214. The van der Waals surface area contributed by atoms with Crippen LogP contribution in [0.3, 0.4) is 0 Å². The summed E-state index contributed by atoms with van der Waals surface area (Å²) >= 11 is -1.04. The molecule has 0 atom stereocenters. The number of nitrogens with one attached hydrogen (secondary N) is 1. The van der Waals surface area contributed by atoms with E-state index in [-0.39, 0.29) is 5.91 Å². The van der Waals surface area contributed by atoms with Crippen LogP contribution in [0.15, 0.2) is 35.1 Å². The molecule has 0 unspecified atom stereocenters. The summed E-state index contributed by atoms with van der Waals surface area (Å²) in [6, 6.07) is 5.30. The first-order chi connectivity index (χ1) is 8.61. The number of aryl methyl sites for hydroxylation is 2. The Balaban J connectivity index is 2.27. The molecule has 0 fully saturated rings. The summed E-state index contributed by atoms with van der Waals surface area (Å²) in [6.07, 6.45) is 2.85. The maximum atomic E-state index is 11.9. The first kappa shape index (κ1) is 12.8. The van der Waals surface area contributed by atoms with Crippen molar-refractivity contribution in [1.29, 1.82) is 0 Å². The summed E-state index contributed by atoms with van der Waals surface area (Å²) in [5.41, 5.74) is 3.04. The van der Waals surface area contributed by atoms with E-state index >= 15 is 0 Å². The number of rotatable bonds is 3. The molecule has 1 N–H and O–H groups in total. The second kappa shape index (κ2) is 5.32. The molecule has 18 heavy (non-hydrogen) atoms. The Hall–Kier alpha value is -1.67. The van der Waals surface area contributed by atoms with E-state index in [2.05, 4.69) is 5.32 Å². The molecule has 0 radical (unpaired) electrons. The van der Waals surface area contributed by atoms with Gasteiger partial charge in [-0.1, -0.05) is 0 Å². The van der Waals surface area contributed by atoms with Gasteiger partial charge in [0.25, 0.3) is 0 Å². The molecular formula is C13H12AsNO3. The van der Waals surface area contributed by atoms with E-state index in [0.717, 1.165) is 21.2 Å². The van der Waals surface area contributed by atoms with Crippen molar-refractivity contribution in [1.82, 2.24) is 0 Å². The van der Waals surface area contributed by atoms with Crippen LogP contribution in [0.25, 0.3) is 0 Å². The number of hydrogen-bond donors (Lipinski definition) is 1. The number of carbonyl (C=O) groups is 1. The summed E-state index contributed by atoms with van der Waals surface area (Å²) in [6.45, 7) is 3.76. The van der Waals surface area contributed by atoms with Gasteiger partial charge in [-0.3, -0.25) is 0 Å². The second-order valence-corrected chi connectivity index (χ2v) is 5.40. The van der Waals surface area contributed by atoms with E-state index in [1.165, 1.54) is 12.5 Å². The predicted octanol–water partition coefficient (Wildman–Crippen LogP) is 1.82. The first-order valence-corrected chi connectivity index (χ1v) is 7.10. The number of anilines is 1. The molecule has 1 amide bonds. The molecule has 1 heterocycles. The van der Waals surface area contributed by atoms with E-state index in [9.17, 15) is 8.53 Å². The zero-order valence-corrected chi connectivity index (χ0v) is 11.9. The zero-order valence-electron chi connectivity index (χ0n) is 10.1. The van der Waals surface area contributed by atoms with Crippen LogP contribution in [0.5, 0.6) is 0 Å². The van der Waals surface area contributed by atoms with Gasteiger partial charge >= 0.3 is 111 Å². The van der Waals surface area contributed by atoms with E-state index in [1.807, 2.05) is 26.0 Å². The third-order valence-electron chi connectivity index (χ3n) is 2.67. The van der Waals surface area contributed by atoms with Crippen molar-refractivity contribution in [2.75, 3.05) is 5.32 Å². The van der Waals surface area contributed by atoms with Crippen molar-refractivity contribution in [3.63, 3.8) is 0 Å². The van der Waals surface area contributed by atoms with Crippen molar-refractivity contribution in [3.05, 3.63) is 47.4 Å². The number of carbonyl (C=O) groups excluding carboxylic acids is 1. The molecule has 0 aliphatic heterocycles. The van der Waals surface area contributed by atoms with Crippen LogP contribution in [0.1, 0.15) is 21.5 Å². The average Bonchev–Trinajstić information content (AvgIpc) is 2.87. The van der Waals surface area contributed by atoms with Gasteiger partial charge in [0, 0.05) is 0 Å². The van der Waals surface area contributed by atoms with Crippen LogP contribution in [0.2, 0.25) is 0 Å². The summed E-state index contributed by atoms with van der Waals surface area (Å²) < 4.78 is 16.7. The topological polar surface area (TPSA) is 59.3 Å². The number of benzene rings is 1. The quantitative estimate of drug-likeness (QED) is 0.880. The molecule has 0 bridgehead atoms. The van der Waals surface area contributed by atoms with Crippen LogP contribution in [-0.2, 0) is 3.74 Å². The van der Waals surface area contributed by atoms with Crippen LogP contribution < -0.4 is 9.67 Å². The third kappa shape index (κ3) is 2.59. The van der Waals surface area contributed by atoms with Crippen LogP contribution in [0.4, 0.5) is 5.69 Å². The molecule has 1 aromatic carbocycles. The molecule has 0 aliphatic carbocycles. The summed E-state index contributed by atoms with van der Waals surface area (Å²) in [7, 11) is 0. The molecule has 2 rings (SSSR count). The Labute approximate surface area is 111 Å². The fourth-order valence-corrected chi connectivity index (χ4v) is 2.58. The molecule has 4 nitrogen and oxygen atoms in total. The van der Waals surface area contributed by atoms with Gasteiger partial charge in [0.15, 0.2) is 0 Å². The van der Waals surface area contributed by atoms with E-state index in [0.29, 0.717) is 5.56 Å². The minimum atomic E-state index is -1.04. The number of hydrogen-bond acceptors (Lipinski definition) is 3. The van der Waals surface area contributed by atoms with Gasteiger partial charge in [-0.25, -0.2) is 0 Å². The van der Waals surface area contributed by atoms with Crippen LogP contribution in [-0.4, -0.2) is 21.6 Å². The van der Waals surface area contributed by atoms with Crippen molar-refractivity contribution >= 4 is 31.6 Å². The van der Waals surface area contributed by atoms with E-state index in [4.69, 9.17) is 4.42 Å². The predicted molar refractivity (Wildman–Crippen MR) is 68.7 cm³/mol. The Kier molecular flexibility index (Phi) is 3.77. The molecule has 1 aromatic heterocycles. The van der Waals surface area contributed by atoms with Crippen LogP contribution >= 0.6 is 0 Å². The summed E-state index contributed by atoms with van der Waals surface area (Å²) in [4.78, 5) is 11.9. The van der Waals surface area contributed by atoms with Crippen molar-refractivity contribution in [2.45, 2.75) is 13.8 Å². The standard InChI is InChI=1S/C13H12AsNO3/c1-8-6-12(9(2)5-11(8)14-17)15-13(16)10-3-4-18-7-10/h3-7H,1-2H3,(H,15,16). The van der Waals surface area contributed by atoms with Gasteiger partial charge in [0.2, 0.25) is 0 Å². The molecular weight excluding hydrogens is 293 g/mol. The molecule has 2 aromatic rings. The molecule has 0 saturated carbocycles. The SMILES string of the molecule is Cc1cc([As]=O)c(C)cc1NC(=O)c1ccoc1. The maximum absolute atomic E-state index is 11.9. The number of amides is 1. The van der Waals surface area contributed by atoms with Gasteiger partial charge in [0.05, 0.1) is 0 Å². The molecule has 0 saturated heterocycles. The molecule has 0 spiro atoms. The van der Waals surface area contributed by atoms with Crippen molar-refractivity contribution in [2.24, 2.45) is 0 Å². The molecule has 5 heteroatoms. The Morgan fingerprint density at radius 3 is 2.67 bits per heavy atom. The van der Waals surface area contributed by atoms with Crippen molar-refractivity contribution in [3.8, 4) is 0 Å². The summed E-state index contributed by atoms with van der Waals surface area (Å²) in [5, 5.41) is 2.81. The fraction of sp³-hybridized carbons (Fsp3) is 0.154. The van der Waals surface area contributed by atoms with Gasteiger partial charge < -0.3 is 0 Å².